The summed E-state index contributed by atoms with van der Waals surface area (Å²) in [6.07, 6.45) is 14.1. The van der Waals surface area contributed by atoms with E-state index < -0.39 is 11.5 Å². The molecule has 3 aliphatic rings. The molecule has 0 bridgehead atoms. The second kappa shape index (κ2) is 18.9. The summed E-state index contributed by atoms with van der Waals surface area (Å²) in [5.41, 5.74) is 7.61. The molecule has 0 aliphatic heterocycles. The highest BCUT2D eigenvalue weighted by atomic mass is 35.5. The summed E-state index contributed by atoms with van der Waals surface area (Å²) in [4.78, 5) is 37.0. The highest BCUT2D eigenvalue weighted by Gasteiger charge is 2.54. The van der Waals surface area contributed by atoms with Crippen LogP contribution in [-0.4, -0.2) is 57.7 Å². The molecule has 1 saturated carbocycles. The molecule has 5 aromatic rings. The van der Waals surface area contributed by atoms with Crippen LogP contribution in [0.2, 0.25) is 5.02 Å². The summed E-state index contributed by atoms with van der Waals surface area (Å²) in [6.45, 7) is 6.12. The Bertz CT molecular complexity index is 2360. The first-order chi connectivity index (χ1) is 30.0. The number of ether oxygens (including phenoxy) is 2. The van der Waals surface area contributed by atoms with Gasteiger partial charge in [0.05, 0.1) is 13.2 Å². The largest absolute Gasteiger partial charge is 0.494 e. The van der Waals surface area contributed by atoms with Crippen LogP contribution in [-0.2, 0) is 34.4 Å². The van der Waals surface area contributed by atoms with E-state index in [9.17, 15) is 14.7 Å². The normalized spacial score (nSPS) is 22.0. The van der Waals surface area contributed by atoms with Gasteiger partial charge in [0.25, 0.3) is 0 Å². The molecule has 1 amide bonds. The van der Waals surface area contributed by atoms with Crippen LogP contribution in [0.4, 0.5) is 5.69 Å². The van der Waals surface area contributed by atoms with Gasteiger partial charge in [-0.2, -0.15) is 0 Å². The van der Waals surface area contributed by atoms with Crippen molar-refractivity contribution >= 4 is 29.2 Å². The Morgan fingerprint density at radius 1 is 0.968 bits per heavy atom. The van der Waals surface area contributed by atoms with Crippen molar-refractivity contribution in [3.63, 3.8) is 0 Å². The van der Waals surface area contributed by atoms with E-state index in [1.54, 1.807) is 23.2 Å². The number of nitrogens with zero attached hydrogens (tertiary/aromatic N) is 3. The number of carbonyl (C=O) groups excluding carboxylic acids is 1. The molecule has 0 radical (unpaired) electrons. The first-order valence-electron chi connectivity index (χ1n) is 22.4. The number of nitrogens with one attached hydrogen (secondary N) is 1. The predicted molar refractivity (Wildman–Crippen MR) is 245 cm³/mol. The fourth-order valence-electron chi connectivity index (χ4n) is 10.5. The molecule has 3 aromatic carbocycles. The fourth-order valence-corrected chi connectivity index (χ4v) is 10.7. The van der Waals surface area contributed by atoms with Gasteiger partial charge >= 0.3 is 5.97 Å². The standard InChI is InChI=1S/C52H59ClN4O5/c1-35(34-62-47-19-25-55-46-15-4-9-36(2)49(46)47)27-41-29-39-17-18-44(31-45(39)51(41)20-22-52(23-21-51,50(59)60)56-43-14-6-13-42(53)30-43)61-26-8-16-48(58)57(3)33-37-10-5-11-38(28-37)40-12-7-24-54-32-40/h5-7,10-14,17-19,24-25,28,30-32,35-36,41,56H,4,8-9,15-16,20-23,26-27,29,33-34H2,1-3H3,(H,59,60)/t35-,36-,41+,51?,52?/m1/s1. The molecule has 8 rings (SSSR count). The molecule has 9 nitrogen and oxygen atoms in total. The number of anilines is 1. The Balaban J connectivity index is 0.940. The Labute approximate surface area is 371 Å². The van der Waals surface area contributed by atoms with Crippen LogP contribution in [0, 0.1) is 11.8 Å². The summed E-state index contributed by atoms with van der Waals surface area (Å²) in [5.74, 6) is 2.02. The van der Waals surface area contributed by atoms with E-state index >= 15 is 0 Å². The zero-order valence-corrected chi connectivity index (χ0v) is 37.0. The molecule has 0 unspecified atom stereocenters. The second-order valence-corrected chi connectivity index (χ2v) is 18.6. The SMILES string of the molecule is C[C@@H](COc1ccnc2c1[C@H](C)CCC2)C[C@H]1Cc2ccc(OCCCC(=O)N(C)Cc3cccc(-c4cccnc4)c3)cc2C12CCC(Nc1cccc(Cl)c1)(C(=O)O)CC2. The topological polar surface area (TPSA) is 114 Å². The quantitative estimate of drug-likeness (QED) is 0.0944. The van der Waals surface area contributed by atoms with Crippen molar-refractivity contribution < 1.29 is 24.2 Å². The number of amides is 1. The molecule has 324 valence electrons. The number of fused-ring (bicyclic) bond motifs is 3. The van der Waals surface area contributed by atoms with Gasteiger partial charge in [-0.3, -0.25) is 14.8 Å². The monoisotopic (exact) mass is 854 g/mol. The van der Waals surface area contributed by atoms with Gasteiger partial charge in [-0.1, -0.05) is 61.8 Å². The molecule has 3 aliphatic carbocycles. The van der Waals surface area contributed by atoms with Gasteiger partial charge in [0, 0.05) is 60.6 Å². The van der Waals surface area contributed by atoms with Gasteiger partial charge < -0.3 is 24.8 Å². The minimum Gasteiger partial charge on any atom is -0.494 e. The van der Waals surface area contributed by atoms with Gasteiger partial charge in [0.15, 0.2) is 0 Å². The number of rotatable bonds is 16. The lowest BCUT2D eigenvalue weighted by Gasteiger charge is -2.47. The third-order valence-corrected chi connectivity index (χ3v) is 14.1. The molecule has 2 heterocycles. The summed E-state index contributed by atoms with van der Waals surface area (Å²) < 4.78 is 13.0. The number of hydrogen-bond acceptors (Lipinski definition) is 7. The van der Waals surface area contributed by atoms with Crippen molar-refractivity contribution in [3.05, 3.63) is 136 Å². The smallest absolute Gasteiger partial charge is 0.329 e. The maximum absolute atomic E-state index is 13.2. The van der Waals surface area contributed by atoms with Crippen LogP contribution in [0.5, 0.6) is 11.5 Å². The minimum atomic E-state index is -1.11. The first-order valence-corrected chi connectivity index (χ1v) is 22.8. The lowest BCUT2D eigenvalue weighted by molar-refractivity contribution is -0.144. The lowest BCUT2D eigenvalue weighted by Crippen LogP contribution is -2.53. The lowest BCUT2D eigenvalue weighted by atomic mass is 9.59. The van der Waals surface area contributed by atoms with Crippen LogP contribution >= 0.6 is 11.6 Å². The molecule has 3 atom stereocenters. The van der Waals surface area contributed by atoms with Gasteiger partial charge in [0.2, 0.25) is 5.91 Å². The van der Waals surface area contributed by atoms with E-state index in [4.69, 9.17) is 21.1 Å². The van der Waals surface area contributed by atoms with E-state index in [-0.39, 0.29) is 17.2 Å². The van der Waals surface area contributed by atoms with Crippen LogP contribution < -0.4 is 14.8 Å². The number of pyridine rings is 2. The predicted octanol–water partition coefficient (Wildman–Crippen LogP) is 11.1. The molecular weight excluding hydrogens is 796 g/mol. The maximum atomic E-state index is 13.2. The zero-order valence-electron chi connectivity index (χ0n) is 36.2. The van der Waals surface area contributed by atoms with E-state index in [1.165, 1.54) is 22.4 Å². The molecule has 1 fully saturated rings. The number of carboxylic acid groups (broad SMARTS) is 1. The van der Waals surface area contributed by atoms with Gasteiger partial charge in [-0.15, -0.1) is 0 Å². The zero-order chi connectivity index (χ0) is 43.3. The summed E-state index contributed by atoms with van der Waals surface area (Å²) in [6, 6.07) is 28.0. The third kappa shape index (κ3) is 9.48. The molecule has 0 saturated heterocycles. The van der Waals surface area contributed by atoms with Crippen LogP contribution in [0.15, 0.2) is 104 Å². The first kappa shape index (κ1) is 43.2. The molecule has 62 heavy (non-hydrogen) atoms. The third-order valence-electron chi connectivity index (χ3n) is 13.8. The second-order valence-electron chi connectivity index (χ2n) is 18.2. The number of hydrogen-bond donors (Lipinski definition) is 2. The molecular formula is C52H59ClN4O5. The number of carboxylic acids is 1. The summed E-state index contributed by atoms with van der Waals surface area (Å²) in [7, 11) is 1.85. The van der Waals surface area contributed by atoms with Crippen molar-refractivity contribution in [3.8, 4) is 22.6 Å². The molecule has 10 heteroatoms. The number of benzene rings is 3. The Morgan fingerprint density at radius 3 is 2.58 bits per heavy atom. The van der Waals surface area contributed by atoms with Crippen LogP contribution in [0.25, 0.3) is 11.1 Å². The number of halogens is 1. The fraction of sp³-hybridized carbons (Fsp3) is 0.423. The molecule has 1 spiro atoms. The molecule has 2 aromatic heterocycles. The summed E-state index contributed by atoms with van der Waals surface area (Å²) >= 11 is 6.33. The number of aryl methyl sites for hydroxylation is 1. The average Bonchev–Trinajstić information content (AvgIpc) is 3.56. The highest BCUT2D eigenvalue weighted by molar-refractivity contribution is 6.30. The number of aliphatic carboxylic acids is 1. The van der Waals surface area contributed by atoms with Crippen molar-refractivity contribution in [2.45, 2.75) is 108 Å². The van der Waals surface area contributed by atoms with E-state index in [0.717, 1.165) is 73.1 Å². The minimum absolute atomic E-state index is 0.0723. The summed E-state index contributed by atoms with van der Waals surface area (Å²) in [5, 5.41) is 14.7. The van der Waals surface area contributed by atoms with E-state index in [1.807, 2.05) is 61.9 Å². The number of aromatic nitrogens is 2. The Kier molecular flexibility index (Phi) is 13.2. The number of carbonyl (C=O) groups is 2. The van der Waals surface area contributed by atoms with Crippen molar-refractivity contribution in [2.75, 3.05) is 25.6 Å². The van der Waals surface area contributed by atoms with Crippen molar-refractivity contribution in [2.24, 2.45) is 11.8 Å². The van der Waals surface area contributed by atoms with Gasteiger partial charge in [-0.05, 0) is 164 Å². The van der Waals surface area contributed by atoms with Crippen molar-refractivity contribution in [1.29, 1.82) is 0 Å². The van der Waals surface area contributed by atoms with Gasteiger partial charge in [-0.25, -0.2) is 4.79 Å². The highest BCUT2D eigenvalue weighted by Crippen LogP contribution is 2.57. The van der Waals surface area contributed by atoms with Gasteiger partial charge in [0.1, 0.15) is 17.0 Å². The molecule has 2 N–H and O–H groups in total. The van der Waals surface area contributed by atoms with Crippen LogP contribution in [0.3, 0.4) is 0 Å². The average molecular weight is 856 g/mol. The maximum Gasteiger partial charge on any atom is 0.329 e. The van der Waals surface area contributed by atoms with E-state index in [0.29, 0.717) is 68.0 Å². The Hall–Kier alpha value is -5.41. The van der Waals surface area contributed by atoms with E-state index in [2.05, 4.69) is 59.5 Å². The van der Waals surface area contributed by atoms with Crippen LogP contribution in [0.1, 0.15) is 106 Å². The Morgan fingerprint density at radius 2 is 1.79 bits per heavy atom. The van der Waals surface area contributed by atoms with Crippen molar-refractivity contribution in [1.82, 2.24) is 14.9 Å².